The summed E-state index contributed by atoms with van der Waals surface area (Å²) < 4.78 is 5.95. The Morgan fingerprint density at radius 1 is 0.969 bits per heavy atom. The van der Waals surface area contributed by atoms with Crippen molar-refractivity contribution < 1.29 is 9.53 Å². The van der Waals surface area contributed by atoms with Crippen LogP contribution < -0.4 is 10.3 Å². The van der Waals surface area contributed by atoms with Crippen LogP contribution in [-0.4, -0.2) is 53.5 Å². The van der Waals surface area contributed by atoms with Crippen molar-refractivity contribution >= 4 is 5.91 Å². The fourth-order valence-electron chi connectivity index (χ4n) is 4.84. The van der Waals surface area contributed by atoms with Crippen LogP contribution in [0.5, 0.6) is 5.75 Å². The molecule has 0 aliphatic carbocycles. The summed E-state index contributed by atoms with van der Waals surface area (Å²) in [5.74, 6) is 1.63. The van der Waals surface area contributed by atoms with Crippen LogP contribution in [0.4, 0.5) is 0 Å². The first-order valence-corrected chi connectivity index (χ1v) is 12.1. The molecule has 0 saturated carbocycles. The van der Waals surface area contributed by atoms with Crippen LogP contribution in [0.25, 0.3) is 0 Å². The molecule has 172 valence electrons. The minimum absolute atomic E-state index is 0.0185. The van der Waals surface area contributed by atoms with Gasteiger partial charge in [-0.15, -0.1) is 0 Å². The second-order valence-corrected chi connectivity index (χ2v) is 9.12. The first-order valence-electron chi connectivity index (χ1n) is 12.1. The lowest BCUT2D eigenvalue weighted by Crippen LogP contribution is -2.38. The Morgan fingerprint density at radius 3 is 2.50 bits per heavy atom. The van der Waals surface area contributed by atoms with Crippen LogP contribution in [0.3, 0.4) is 0 Å². The lowest BCUT2D eigenvalue weighted by atomic mass is 9.90. The number of carbonyl (C=O) groups excluding carboxylic acids is 1. The van der Waals surface area contributed by atoms with E-state index in [9.17, 15) is 9.59 Å². The molecule has 32 heavy (non-hydrogen) atoms. The summed E-state index contributed by atoms with van der Waals surface area (Å²) in [7, 11) is 0. The molecule has 2 aliphatic heterocycles. The second kappa shape index (κ2) is 11.3. The summed E-state index contributed by atoms with van der Waals surface area (Å²) in [5, 5.41) is 0. The topological polar surface area (TPSA) is 65.6 Å². The molecule has 0 unspecified atom stereocenters. The lowest BCUT2D eigenvalue weighted by Gasteiger charge is -2.32. The van der Waals surface area contributed by atoms with Crippen LogP contribution in [0.2, 0.25) is 0 Å². The van der Waals surface area contributed by atoms with E-state index in [1.807, 2.05) is 29.2 Å². The maximum absolute atomic E-state index is 12.4. The standard InChI is InChI=1S/C26H35N3O3/c30-25(29-15-4-1-5-16-29)20-32-24-9-3-2-7-22(24)11-10-21-12-17-28(18-13-21)19-23-8-6-14-27-26(23)31/h2-3,6-9,14,21H,1,4-5,10-13,15-20H2,(H,27,31). The summed E-state index contributed by atoms with van der Waals surface area (Å²) >= 11 is 0. The van der Waals surface area contributed by atoms with Crippen LogP contribution in [-0.2, 0) is 17.8 Å². The molecule has 2 aromatic rings. The molecular weight excluding hydrogens is 402 g/mol. The van der Waals surface area contributed by atoms with E-state index in [1.165, 1.54) is 12.0 Å². The van der Waals surface area contributed by atoms with Crippen molar-refractivity contribution in [3.63, 3.8) is 0 Å². The van der Waals surface area contributed by atoms with Gasteiger partial charge in [-0.3, -0.25) is 14.5 Å². The molecule has 6 heteroatoms. The minimum Gasteiger partial charge on any atom is -0.483 e. The molecule has 2 fully saturated rings. The summed E-state index contributed by atoms with van der Waals surface area (Å²) in [4.78, 5) is 31.4. The van der Waals surface area contributed by atoms with Crippen molar-refractivity contribution in [2.24, 2.45) is 5.92 Å². The predicted octanol–water partition coefficient (Wildman–Crippen LogP) is 3.61. The Morgan fingerprint density at radius 2 is 1.72 bits per heavy atom. The average Bonchev–Trinajstić information content (AvgIpc) is 2.84. The van der Waals surface area contributed by atoms with Gasteiger partial charge in [-0.05, 0) is 81.6 Å². The summed E-state index contributed by atoms with van der Waals surface area (Å²) in [6, 6.07) is 11.9. The van der Waals surface area contributed by atoms with E-state index in [4.69, 9.17) is 4.74 Å². The van der Waals surface area contributed by atoms with Gasteiger partial charge >= 0.3 is 0 Å². The zero-order valence-electron chi connectivity index (χ0n) is 18.9. The Kier molecular flexibility index (Phi) is 7.99. The van der Waals surface area contributed by atoms with E-state index >= 15 is 0 Å². The number of benzene rings is 1. The molecule has 1 amide bonds. The number of nitrogens with zero attached hydrogens (tertiary/aromatic N) is 2. The molecule has 2 aliphatic rings. The maximum Gasteiger partial charge on any atom is 0.260 e. The quantitative estimate of drug-likeness (QED) is 0.685. The van der Waals surface area contributed by atoms with E-state index in [1.54, 1.807) is 6.20 Å². The molecule has 2 saturated heterocycles. The summed E-state index contributed by atoms with van der Waals surface area (Å²) in [6.07, 6.45) is 9.51. The number of H-pyrrole nitrogens is 1. The number of para-hydroxylation sites is 1. The Balaban J connectivity index is 1.23. The third-order valence-electron chi connectivity index (χ3n) is 6.86. The van der Waals surface area contributed by atoms with Gasteiger partial charge in [0.25, 0.3) is 11.5 Å². The van der Waals surface area contributed by atoms with E-state index in [0.717, 1.165) is 82.6 Å². The van der Waals surface area contributed by atoms with Crippen LogP contribution in [0.1, 0.15) is 49.7 Å². The number of ether oxygens (including phenoxy) is 1. The van der Waals surface area contributed by atoms with Crippen molar-refractivity contribution in [1.29, 1.82) is 0 Å². The predicted molar refractivity (Wildman–Crippen MR) is 126 cm³/mol. The van der Waals surface area contributed by atoms with Crippen LogP contribution >= 0.6 is 0 Å². The molecule has 1 N–H and O–H groups in total. The number of aromatic amines is 1. The van der Waals surface area contributed by atoms with Gasteiger partial charge in [0, 0.05) is 31.4 Å². The fraction of sp³-hybridized carbons (Fsp3) is 0.538. The molecule has 1 aromatic heterocycles. The smallest absolute Gasteiger partial charge is 0.260 e. The first kappa shape index (κ1) is 22.6. The zero-order valence-corrected chi connectivity index (χ0v) is 18.9. The molecule has 0 atom stereocenters. The van der Waals surface area contributed by atoms with E-state index in [0.29, 0.717) is 5.92 Å². The number of rotatable bonds is 8. The highest BCUT2D eigenvalue weighted by molar-refractivity contribution is 5.77. The molecule has 0 spiro atoms. The number of nitrogens with one attached hydrogen (secondary N) is 1. The van der Waals surface area contributed by atoms with Crippen LogP contribution in [0.15, 0.2) is 47.4 Å². The number of aromatic nitrogens is 1. The van der Waals surface area contributed by atoms with Crippen molar-refractivity contribution in [3.8, 4) is 5.75 Å². The third-order valence-corrected chi connectivity index (χ3v) is 6.86. The minimum atomic E-state index is 0.0185. The molecule has 4 rings (SSSR count). The van der Waals surface area contributed by atoms with Gasteiger partial charge in [-0.1, -0.05) is 24.3 Å². The Bertz CT molecular complexity index is 928. The number of amides is 1. The number of piperidine rings is 2. The maximum atomic E-state index is 12.4. The van der Waals surface area contributed by atoms with Crippen molar-refractivity contribution in [2.45, 2.75) is 51.5 Å². The Labute approximate surface area is 190 Å². The summed E-state index contributed by atoms with van der Waals surface area (Å²) in [6.45, 7) is 4.64. The van der Waals surface area contributed by atoms with Gasteiger partial charge in [0.1, 0.15) is 5.75 Å². The largest absolute Gasteiger partial charge is 0.483 e. The van der Waals surface area contributed by atoms with Crippen molar-refractivity contribution in [2.75, 3.05) is 32.8 Å². The highest BCUT2D eigenvalue weighted by Crippen LogP contribution is 2.26. The molecular formula is C26H35N3O3. The van der Waals surface area contributed by atoms with E-state index < -0.39 is 0 Å². The summed E-state index contributed by atoms with van der Waals surface area (Å²) in [5.41, 5.74) is 2.05. The number of hydrogen-bond donors (Lipinski definition) is 1. The monoisotopic (exact) mass is 437 g/mol. The van der Waals surface area contributed by atoms with E-state index in [2.05, 4.69) is 22.0 Å². The van der Waals surface area contributed by atoms with Gasteiger partial charge in [-0.2, -0.15) is 0 Å². The number of carbonyl (C=O) groups is 1. The van der Waals surface area contributed by atoms with Gasteiger partial charge in [-0.25, -0.2) is 0 Å². The van der Waals surface area contributed by atoms with Gasteiger partial charge < -0.3 is 14.6 Å². The second-order valence-electron chi connectivity index (χ2n) is 9.12. The van der Waals surface area contributed by atoms with Crippen LogP contribution in [0, 0.1) is 5.92 Å². The molecule has 0 radical (unpaired) electrons. The highest BCUT2D eigenvalue weighted by Gasteiger charge is 2.21. The van der Waals surface area contributed by atoms with E-state index in [-0.39, 0.29) is 18.1 Å². The molecule has 3 heterocycles. The molecule has 1 aromatic carbocycles. The SMILES string of the molecule is O=C(COc1ccccc1CCC1CCN(Cc2ccc[nH]c2=O)CC1)N1CCCCC1. The number of pyridine rings is 1. The van der Waals surface area contributed by atoms with Gasteiger partial charge in [0.2, 0.25) is 0 Å². The lowest BCUT2D eigenvalue weighted by molar-refractivity contribution is -0.134. The normalized spacial score (nSPS) is 17.9. The van der Waals surface area contributed by atoms with Crippen molar-refractivity contribution in [3.05, 3.63) is 64.1 Å². The zero-order chi connectivity index (χ0) is 22.2. The van der Waals surface area contributed by atoms with Gasteiger partial charge in [0.15, 0.2) is 6.61 Å². The third kappa shape index (κ3) is 6.22. The highest BCUT2D eigenvalue weighted by atomic mass is 16.5. The van der Waals surface area contributed by atoms with Crippen molar-refractivity contribution in [1.82, 2.24) is 14.8 Å². The molecule has 6 nitrogen and oxygen atoms in total. The number of aryl methyl sites for hydroxylation is 1. The fourth-order valence-corrected chi connectivity index (χ4v) is 4.84. The Hall–Kier alpha value is -2.60. The average molecular weight is 438 g/mol. The first-order chi connectivity index (χ1) is 15.7. The number of hydrogen-bond acceptors (Lipinski definition) is 4. The number of likely N-dealkylation sites (tertiary alicyclic amines) is 2. The molecule has 0 bridgehead atoms. The van der Waals surface area contributed by atoms with Gasteiger partial charge in [0.05, 0.1) is 0 Å².